The summed E-state index contributed by atoms with van der Waals surface area (Å²) in [6, 6.07) is 14.2. The predicted molar refractivity (Wildman–Crippen MR) is 79.1 cm³/mol. The van der Waals surface area contributed by atoms with Crippen molar-refractivity contribution in [3.8, 4) is 0 Å². The van der Waals surface area contributed by atoms with E-state index in [0.29, 0.717) is 0 Å². The van der Waals surface area contributed by atoms with Gasteiger partial charge < -0.3 is 5.32 Å². The Kier molecular flexibility index (Phi) is 3.65. The lowest BCUT2D eigenvalue weighted by atomic mass is 10.2. The number of nitrogens with one attached hydrogen (secondary N) is 1. The van der Waals surface area contributed by atoms with Crippen LogP contribution in [0.25, 0.3) is 10.9 Å². The van der Waals surface area contributed by atoms with Gasteiger partial charge in [-0.15, -0.1) is 0 Å². The van der Waals surface area contributed by atoms with Crippen molar-refractivity contribution >= 4 is 10.9 Å². The minimum atomic E-state index is 0.720. The van der Waals surface area contributed by atoms with Crippen LogP contribution < -0.4 is 5.32 Å². The highest BCUT2D eigenvalue weighted by Crippen LogP contribution is 2.11. The fraction of sp³-hybridized carbons (Fsp3) is 0.188. The minimum absolute atomic E-state index is 0.720. The maximum Gasteiger partial charge on any atom is 0.125 e. The lowest BCUT2D eigenvalue weighted by Crippen LogP contribution is -2.15. The molecule has 0 atom stereocenters. The van der Waals surface area contributed by atoms with Crippen LogP contribution in [-0.4, -0.2) is 15.0 Å². The zero-order valence-electron chi connectivity index (χ0n) is 11.4. The lowest BCUT2D eigenvalue weighted by molar-refractivity contribution is 0.665. The predicted octanol–water partition coefficient (Wildman–Crippen LogP) is 2.62. The third-order valence-corrected chi connectivity index (χ3v) is 3.10. The van der Waals surface area contributed by atoms with Gasteiger partial charge in [0, 0.05) is 24.7 Å². The maximum atomic E-state index is 4.63. The average Bonchev–Trinajstić information content (AvgIpc) is 2.47. The summed E-state index contributed by atoms with van der Waals surface area (Å²) in [5, 5.41) is 4.53. The SMILES string of the molecule is Cc1nccc(CNCc2ccc3ccccc3n2)n1. The molecule has 1 N–H and O–H groups in total. The van der Waals surface area contributed by atoms with E-state index in [9.17, 15) is 0 Å². The van der Waals surface area contributed by atoms with Crippen molar-refractivity contribution in [2.45, 2.75) is 20.0 Å². The summed E-state index contributed by atoms with van der Waals surface area (Å²) in [5.41, 5.74) is 3.07. The molecule has 2 heterocycles. The van der Waals surface area contributed by atoms with E-state index >= 15 is 0 Å². The molecule has 20 heavy (non-hydrogen) atoms. The van der Waals surface area contributed by atoms with Crippen LogP contribution >= 0.6 is 0 Å². The first-order valence-corrected chi connectivity index (χ1v) is 6.65. The first kappa shape index (κ1) is 12.7. The summed E-state index contributed by atoms with van der Waals surface area (Å²) >= 11 is 0. The quantitative estimate of drug-likeness (QED) is 0.787. The third kappa shape index (κ3) is 2.97. The zero-order valence-corrected chi connectivity index (χ0v) is 11.4. The van der Waals surface area contributed by atoms with Crippen molar-refractivity contribution in [2.75, 3.05) is 0 Å². The van der Waals surface area contributed by atoms with Gasteiger partial charge in [0.25, 0.3) is 0 Å². The van der Waals surface area contributed by atoms with Crippen molar-refractivity contribution in [3.05, 3.63) is 65.9 Å². The molecular formula is C16H16N4. The summed E-state index contributed by atoms with van der Waals surface area (Å²) < 4.78 is 0. The standard InChI is InChI=1S/C16H16N4/c1-12-18-9-8-15(19-12)11-17-10-14-7-6-13-4-2-3-5-16(13)20-14/h2-9,17H,10-11H2,1H3. The Bertz CT molecular complexity index is 724. The molecule has 0 radical (unpaired) electrons. The molecule has 0 aliphatic heterocycles. The van der Waals surface area contributed by atoms with E-state index in [1.807, 2.05) is 31.2 Å². The molecule has 0 aliphatic carbocycles. The van der Waals surface area contributed by atoms with Crippen molar-refractivity contribution in [3.63, 3.8) is 0 Å². The number of rotatable bonds is 4. The number of pyridine rings is 1. The number of benzene rings is 1. The number of fused-ring (bicyclic) bond motifs is 1. The fourth-order valence-electron chi connectivity index (χ4n) is 2.13. The molecule has 0 unspecified atom stereocenters. The molecule has 0 fully saturated rings. The second-order valence-electron chi connectivity index (χ2n) is 4.69. The number of hydrogen-bond acceptors (Lipinski definition) is 4. The molecular weight excluding hydrogens is 248 g/mol. The Labute approximate surface area is 117 Å². The normalized spacial score (nSPS) is 10.8. The zero-order chi connectivity index (χ0) is 13.8. The number of aromatic nitrogens is 3. The maximum absolute atomic E-state index is 4.63. The van der Waals surface area contributed by atoms with E-state index < -0.39 is 0 Å². The van der Waals surface area contributed by atoms with Crippen molar-refractivity contribution in [2.24, 2.45) is 0 Å². The van der Waals surface area contributed by atoms with Crippen LogP contribution in [0.1, 0.15) is 17.2 Å². The topological polar surface area (TPSA) is 50.7 Å². The first-order valence-electron chi connectivity index (χ1n) is 6.65. The Hall–Kier alpha value is -2.33. The molecule has 2 aromatic heterocycles. The Morgan fingerprint density at radius 3 is 2.55 bits per heavy atom. The molecule has 100 valence electrons. The van der Waals surface area contributed by atoms with E-state index in [2.05, 4.69) is 38.5 Å². The Balaban J connectivity index is 1.65. The molecule has 3 rings (SSSR count). The van der Waals surface area contributed by atoms with Crippen molar-refractivity contribution < 1.29 is 0 Å². The summed E-state index contributed by atoms with van der Waals surface area (Å²) in [4.78, 5) is 13.1. The van der Waals surface area contributed by atoms with E-state index in [4.69, 9.17) is 0 Å². The Morgan fingerprint density at radius 1 is 0.900 bits per heavy atom. The highest BCUT2D eigenvalue weighted by molar-refractivity contribution is 5.78. The highest BCUT2D eigenvalue weighted by atomic mass is 14.9. The molecule has 0 saturated carbocycles. The smallest absolute Gasteiger partial charge is 0.125 e. The van der Waals surface area contributed by atoms with E-state index in [0.717, 1.165) is 35.8 Å². The summed E-state index contributed by atoms with van der Waals surface area (Å²) in [5.74, 6) is 0.799. The molecule has 1 aromatic carbocycles. The van der Waals surface area contributed by atoms with Gasteiger partial charge in [0.05, 0.1) is 16.9 Å². The summed E-state index contributed by atoms with van der Waals surface area (Å²) in [7, 11) is 0. The molecule has 0 amide bonds. The molecule has 0 bridgehead atoms. The lowest BCUT2D eigenvalue weighted by Gasteiger charge is -2.05. The minimum Gasteiger partial charge on any atom is -0.306 e. The van der Waals surface area contributed by atoms with E-state index in [1.165, 1.54) is 5.39 Å². The molecule has 3 aromatic rings. The van der Waals surface area contributed by atoms with Gasteiger partial charge in [0.15, 0.2) is 0 Å². The average molecular weight is 264 g/mol. The van der Waals surface area contributed by atoms with Crippen molar-refractivity contribution in [1.82, 2.24) is 20.3 Å². The fourth-order valence-corrected chi connectivity index (χ4v) is 2.13. The van der Waals surface area contributed by atoms with Gasteiger partial charge in [-0.2, -0.15) is 0 Å². The first-order chi connectivity index (χ1) is 9.81. The van der Waals surface area contributed by atoms with Crippen LogP contribution in [0.2, 0.25) is 0 Å². The van der Waals surface area contributed by atoms with Crippen LogP contribution in [0.15, 0.2) is 48.7 Å². The van der Waals surface area contributed by atoms with Crippen LogP contribution in [-0.2, 0) is 13.1 Å². The molecule has 4 nitrogen and oxygen atoms in total. The van der Waals surface area contributed by atoms with Crippen LogP contribution in [0.3, 0.4) is 0 Å². The van der Waals surface area contributed by atoms with E-state index in [1.54, 1.807) is 6.20 Å². The second-order valence-corrected chi connectivity index (χ2v) is 4.69. The van der Waals surface area contributed by atoms with E-state index in [-0.39, 0.29) is 0 Å². The molecule has 0 spiro atoms. The van der Waals surface area contributed by atoms with Gasteiger partial charge in [-0.25, -0.2) is 9.97 Å². The van der Waals surface area contributed by atoms with Crippen molar-refractivity contribution in [1.29, 1.82) is 0 Å². The largest absolute Gasteiger partial charge is 0.306 e. The molecule has 0 saturated heterocycles. The third-order valence-electron chi connectivity index (χ3n) is 3.10. The van der Waals surface area contributed by atoms with Gasteiger partial charge in [0.2, 0.25) is 0 Å². The van der Waals surface area contributed by atoms with Gasteiger partial charge in [-0.05, 0) is 25.1 Å². The number of hydrogen-bond donors (Lipinski definition) is 1. The summed E-state index contributed by atoms with van der Waals surface area (Å²) in [6.07, 6.45) is 1.79. The molecule has 4 heteroatoms. The Morgan fingerprint density at radius 2 is 1.70 bits per heavy atom. The van der Waals surface area contributed by atoms with Gasteiger partial charge in [-0.3, -0.25) is 4.98 Å². The van der Waals surface area contributed by atoms with Gasteiger partial charge >= 0.3 is 0 Å². The number of aryl methyl sites for hydroxylation is 1. The number of para-hydroxylation sites is 1. The monoisotopic (exact) mass is 264 g/mol. The van der Waals surface area contributed by atoms with Gasteiger partial charge in [-0.1, -0.05) is 24.3 Å². The van der Waals surface area contributed by atoms with Crippen LogP contribution in [0, 0.1) is 6.92 Å². The number of nitrogens with zero attached hydrogens (tertiary/aromatic N) is 3. The summed E-state index contributed by atoms with van der Waals surface area (Å²) in [6.45, 7) is 3.35. The van der Waals surface area contributed by atoms with Crippen LogP contribution in [0.4, 0.5) is 0 Å². The van der Waals surface area contributed by atoms with Gasteiger partial charge in [0.1, 0.15) is 5.82 Å². The highest BCUT2D eigenvalue weighted by Gasteiger charge is 1.99. The molecule has 0 aliphatic rings. The second kappa shape index (κ2) is 5.75. The van der Waals surface area contributed by atoms with Crippen LogP contribution in [0.5, 0.6) is 0 Å².